The van der Waals surface area contributed by atoms with Crippen molar-refractivity contribution in [2.45, 2.75) is 51.9 Å². The van der Waals surface area contributed by atoms with E-state index in [1.165, 1.54) is 32.1 Å². The van der Waals surface area contributed by atoms with E-state index in [2.05, 4.69) is 0 Å². The first-order chi connectivity index (χ1) is 8.97. The predicted molar refractivity (Wildman–Crippen MR) is 80.0 cm³/mol. The summed E-state index contributed by atoms with van der Waals surface area (Å²) in [7, 11) is -3.10. The summed E-state index contributed by atoms with van der Waals surface area (Å²) in [5.74, 6) is 0.651. The van der Waals surface area contributed by atoms with Gasteiger partial charge in [0.1, 0.15) is 0 Å². The zero-order valence-corrected chi connectivity index (χ0v) is 13.5. The largest absolute Gasteiger partial charge is 0.214 e. The highest BCUT2D eigenvalue weighted by atomic mass is 35.5. The van der Waals surface area contributed by atoms with Gasteiger partial charge in [-0.1, -0.05) is 26.2 Å². The highest BCUT2D eigenvalue weighted by molar-refractivity contribution is 7.89. The van der Waals surface area contributed by atoms with Crippen LogP contribution in [0.2, 0.25) is 0 Å². The Labute approximate surface area is 122 Å². The number of hydrogen-bond donors (Lipinski definition) is 0. The van der Waals surface area contributed by atoms with E-state index in [1.54, 1.807) is 4.31 Å². The monoisotopic (exact) mass is 307 g/mol. The van der Waals surface area contributed by atoms with Crippen molar-refractivity contribution in [3.8, 4) is 0 Å². The lowest BCUT2D eigenvalue weighted by Crippen LogP contribution is -2.45. The lowest BCUT2D eigenvalue weighted by molar-refractivity contribution is 0.102. The van der Waals surface area contributed by atoms with E-state index in [-0.39, 0.29) is 11.7 Å². The van der Waals surface area contributed by atoms with E-state index in [0.717, 1.165) is 25.9 Å². The van der Waals surface area contributed by atoms with E-state index < -0.39 is 10.0 Å². The molecule has 1 aliphatic heterocycles. The van der Waals surface area contributed by atoms with Crippen molar-refractivity contribution in [3.63, 3.8) is 0 Å². The third-order valence-electron chi connectivity index (χ3n) is 4.85. The maximum atomic E-state index is 12.3. The van der Waals surface area contributed by atoms with Crippen LogP contribution < -0.4 is 0 Å². The van der Waals surface area contributed by atoms with E-state index >= 15 is 0 Å². The molecule has 112 valence electrons. The van der Waals surface area contributed by atoms with Crippen molar-refractivity contribution in [2.24, 2.45) is 11.3 Å². The van der Waals surface area contributed by atoms with Gasteiger partial charge in [-0.05, 0) is 37.0 Å². The van der Waals surface area contributed by atoms with Crippen molar-refractivity contribution in [2.75, 3.05) is 24.7 Å². The standard InChI is InChI=1S/C14H26ClNO2S/c1-13(11-15)12-19(17,18)16-9-7-14(8-10-16)5-3-2-4-6-14/h13H,2-12H2,1H3. The van der Waals surface area contributed by atoms with Crippen LogP contribution in [0.1, 0.15) is 51.9 Å². The van der Waals surface area contributed by atoms with Crippen molar-refractivity contribution in [1.29, 1.82) is 0 Å². The van der Waals surface area contributed by atoms with E-state index in [4.69, 9.17) is 11.6 Å². The molecule has 2 aliphatic rings. The second-order valence-corrected chi connectivity index (χ2v) is 8.82. The molecule has 1 saturated carbocycles. The van der Waals surface area contributed by atoms with Gasteiger partial charge in [-0.15, -0.1) is 11.6 Å². The number of nitrogens with zero attached hydrogens (tertiary/aromatic N) is 1. The molecule has 1 heterocycles. The average Bonchev–Trinajstić information content (AvgIpc) is 2.39. The van der Waals surface area contributed by atoms with Gasteiger partial charge in [0.25, 0.3) is 0 Å². The van der Waals surface area contributed by atoms with Gasteiger partial charge in [0, 0.05) is 19.0 Å². The van der Waals surface area contributed by atoms with Crippen molar-refractivity contribution < 1.29 is 8.42 Å². The summed E-state index contributed by atoms with van der Waals surface area (Å²) < 4.78 is 26.3. The second kappa shape index (κ2) is 6.31. The van der Waals surface area contributed by atoms with Crippen LogP contribution in [-0.4, -0.2) is 37.4 Å². The number of piperidine rings is 1. The third-order valence-corrected chi connectivity index (χ3v) is 7.52. The first kappa shape index (κ1) is 15.6. The lowest BCUT2D eigenvalue weighted by atomic mass is 9.68. The zero-order valence-electron chi connectivity index (χ0n) is 11.9. The summed E-state index contributed by atoms with van der Waals surface area (Å²) in [6.45, 7) is 3.34. The number of halogens is 1. The van der Waals surface area contributed by atoms with Crippen LogP contribution >= 0.6 is 11.6 Å². The first-order valence-corrected chi connectivity index (χ1v) is 9.66. The molecule has 3 nitrogen and oxygen atoms in total. The molecule has 1 atom stereocenters. The number of sulfonamides is 1. The minimum absolute atomic E-state index is 0.0391. The fraction of sp³-hybridized carbons (Fsp3) is 1.00. The molecule has 0 radical (unpaired) electrons. The summed E-state index contributed by atoms with van der Waals surface area (Å²) in [6.07, 6.45) is 8.74. The Kier molecular flexibility index (Phi) is 5.18. The minimum atomic E-state index is -3.10. The van der Waals surface area contributed by atoms with Crippen LogP contribution in [0.25, 0.3) is 0 Å². The SMILES string of the molecule is CC(CCl)CS(=O)(=O)N1CCC2(CCCCC2)CC1. The fourth-order valence-electron chi connectivity index (χ4n) is 3.55. The predicted octanol–water partition coefficient (Wildman–Crippen LogP) is 3.24. The second-order valence-electron chi connectivity index (χ2n) is 6.50. The highest BCUT2D eigenvalue weighted by Gasteiger charge is 2.38. The molecule has 0 aromatic rings. The van der Waals surface area contributed by atoms with Crippen LogP contribution in [-0.2, 0) is 10.0 Å². The van der Waals surface area contributed by atoms with Crippen molar-refractivity contribution in [3.05, 3.63) is 0 Å². The normalized spacial score (nSPS) is 26.4. The van der Waals surface area contributed by atoms with Crippen LogP contribution in [0.5, 0.6) is 0 Å². The highest BCUT2D eigenvalue weighted by Crippen LogP contribution is 2.44. The Morgan fingerprint density at radius 3 is 2.21 bits per heavy atom. The third kappa shape index (κ3) is 3.85. The molecule has 0 amide bonds. The molecule has 1 spiro atoms. The summed E-state index contributed by atoms with van der Waals surface area (Å²) in [5, 5.41) is 0. The van der Waals surface area contributed by atoms with Crippen molar-refractivity contribution >= 4 is 21.6 Å². The fourth-order valence-corrected chi connectivity index (χ4v) is 5.58. The molecule has 0 aromatic heterocycles. The van der Waals surface area contributed by atoms with Crippen LogP contribution in [0.4, 0.5) is 0 Å². The lowest BCUT2D eigenvalue weighted by Gasteiger charge is -2.43. The molecule has 2 rings (SSSR count). The molecule has 0 bridgehead atoms. The maximum Gasteiger partial charge on any atom is 0.214 e. The van der Waals surface area contributed by atoms with E-state index in [9.17, 15) is 8.42 Å². The quantitative estimate of drug-likeness (QED) is 0.748. The van der Waals surface area contributed by atoms with Crippen LogP contribution in [0.3, 0.4) is 0 Å². The minimum Gasteiger partial charge on any atom is -0.212 e. The number of alkyl halides is 1. The first-order valence-electron chi connectivity index (χ1n) is 7.51. The molecule has 1 unspecified atom stereocenters. The summed E-state index contributed by atoms with van der Waals surface area (Å²) in [5.41, 5.74) is 0.461. The smallest absolute Gasteiger partial charge is 0.212 e. The molecule has 2 fully saturated rings. The van der Waals surface area contributed by atoms with Crippen LogP contribution in [0, 0.1) is 11.3 Å². The van der Waals surface area contributed by atoms with Gasteiger partial charge in [-0.25, -0.2) is 12.7 Å². The number of hydrogen-bond acceptors (Lipinski definition) is 2. The van der Waals surface area contributed by atoms with Gasteiger partial charge < -0.3 is 0 Å². The van der Waals surface area contributed by atoms with Crippen LogP contribution in [0.15, 0.2) is 0 Å². The molecule has 1 aliphatic carbocycles. The summed E-state index contributed by atoms with van der Waals surface area (Å²) in [6, 6.07) is 0. The molecule has 1 saturated heterocycles. The van der Waals surface area contributed by atoms with Gasteiger partial charge in [0.15, 0.2) is 0 Å². The Bertz CT molecular complexity index is 380. The molecular weight excluding hydrogens is 282 g/mol. The summed E-state index contributed by atoms with van der Waals surface area (Å²) >= 11 is 5.73. The molecule has 0 aromatic carbocycles. The summed E-state index contributed by atoms with van der Waals surface area (Å²) in [4.78, 5) is 0. The Hall–Kier alpha value is 0.200. The molecule has 19 heavy (non-hydrogen) atoms. The Balaban J connectivity index is 1.92. The molecule has 0 N–H and O–H groups in total. The Morgan fingerprint density at radius 2 is 1.68 bits per heavy atom. The van der Waals surface area contributed by atoms with Crippen molar-refractivity contribution in [1.82, 2.24) is 4.31 Å². The Morgan fingerprint density at radius 1 is 1.11 bits per heavy atom. The van der Waals surface area contributed by atoms with Gasteiger partial charge in [-0.2, -0.15) is 0 Å². The number of rotatable bonds is 4. The van der Waals surface area contributed by atoms with E-state index in [1.807, 2.05) is 6.92 Å². The van der Waals surface area contributed by atoms with Gasteiger partial charge in [0.2, 0.25) is 10.0 Å². The van der Waals surface area contributed by atoms with Gasteiger partial charge >= 0.3 is 0 Å². The topological polar surface area (TPSA) is 37.4 Å². The molecular formula is C14H26ClNO2S. The zero-order chi connectivity index (χ0) is 13.9. The average molecular weight is 308 g/mol. The molecule has 5 heteroatoms. The van der Waals surface area contributed by atoms with Gasteiger partial charge in [-0.3, -0.25) is 0 Å². The maximum absolute atomic E-state index is 12.3. The van der Waals surface area contributed by atoms with Gasteiger partial charge in [0.05, 0.1) is 5.75 Å². The van der Waals surface area contributed by atoms with E-state index in [0.29, 0.717) is 11.3 Å².